The molecule has 0 amide bonds. The zero-order valence-corrected chi connectivity index (χ0v) is 21.9. The molecule has 6 rings (SSSR count). The zero-order chi connectivity index (χ0) is 26.1. The molecule has 6 aromatic rings. The van der Waals surface area contributed by atoms with E-state index in [4.69, 9.17) is 0 Å². The summed E-state index contributed by atoms with van der Waals surface area (Å²) >= 11 is 0. The first kappa shape index (κ1) is 24.1. The highest BCUT2D eigenvalue weighted by Gasteiger charge is 2.10. The maximum atomic E-state index is 10.5. The number of para-hydroxylation sites is 2. The minimum atomic E-state index is -0.626. The van der Waals surface area contributed by atoms with Gasteiger partial charge in [0.1, 0.15) is 0 Å². The molecule has 0 aliphatic carbocycles. The van der Waals surface area contributed by atoms with Gasteiger partial charge in [0.05, 0.1) is 19.2 Å². The summed E-state index contributed by atoms with van der Waals surface area (Å²) in [5.74, 6) is 0. The average molecular weight is 501 g/mol. The second-order valence-corrected chi connectivity index (χ2v) is 9.72. The number of rotatable bonds is 8. The van der Waals surface area contributed by atoms with Crippen LogP contribution in [0.5, 0.6) is 0 Å². The van der Waals surface area contributed by atoms with Gasteiger partial charge in [-0.05, 0) is 61.4 Å². The van der Waals surface area contributed by atoms with Crippen LogP contribution in [0.15, 0.2) is 94.9 Å². The van der Waals surface area contributed by atoms with Crippen molar-refractivity contribution < 1.29 is 5.11 Å². The predicted octanol–water partition coefficient (Wildman–Crippen LogP) is 6.84. The van der Waals surface area contributed by atoms with Crippen LogP contribution in [0, 0.1) is 0 Å². The third-order valence-corrected chi connectivity index (χ3v) is 7.34. The van der Waals surface area contributed by atoms with Gasteiger partial charge in [0.2, 0.25) is 0 Å². The molecule has 0 aliphatic rings. The van der Waals surface area contributed by atoms with E-state index in [1.54, 1.807) is 0 Å². The lowest BCUT2D eigenvalue weighted by atomic mass is 10.1. The minimum Gasteiger partial charge on any atom is -0.389 e. The van der Waals surface area contributed by atoms with Crippen LogP contribution in [-0.2, 0) is 13.1 Å². The SMILES string of the molecule is CCn1c2ccccc2c2cc(C=NCC(O)CN=Cc3ccc4c(c3)c3ccccc3n4CC)ccc21. The summed E-state index contributed by atoms with van der Waals surface area (Å²) in [4.78, 5) is 9.02. The molecule has 1 N–H and O–H groups in total. The molecule has 0 unspecified atom stereocenters. The standard InChI is InChI=1S/C33H32N4O/c1-3-36-30-11-7-5-9-26(30)28-17-23(13-15-32(28)36)19-34-21-25(38)22-35-20-24-14-16-33-29(18-24)27-10-6-8-12-31(27)37(33)4-2/h5-20,25,38H,3-4,21-22H2,1-2H3. The molecule has 0 atom stereocenters. The Balaban J connectivity index is 1.13. The van der Waals surface area contributed by atoms with Crippen molar-refractivity contribution in [3.05, 3.63) is 96.1 Å². The lowest BCUT2D eigenvalue weighted by Gasteiger charge is -2.04. The molecule has 5 nitrogen and oxygen atoms in total. The molecule has 0 aliphatic heterocycles. The summed E-state index contributed by atoms with van der Waals surface area (Å²) in [6, 6.07) is 29.9. The lowest BCUT2D eigenvalue weighted by Crippen LogP contribution is -2.15. The van der Waals surface area contributed by atoms with Crippen molar-refractivity contribution in [2.75, 3.05) is 13.1 Å². The number of hydrogen-bond donors (Lipinski definition) is 1. The Morgan fingerprint density at radius 2 is 1.03 bits per heavy atom. The molecule has 0 saturated heterocycles. The molecule has 0 bridgehead atoms. The molecule has 2 heterocycles. The molecule has 38 heavy (non-hydrogen) atoms. The monoisotopic (exact) mass is 500 g/mol. The van der Waals surface area contributed by atoms with Crippen molar-refractivity contribution in [3.63, 3.8) is 0 Å². The van der Waals surface area contributed by atoms with E-state index < -0.39 is 6.10 Å². The van der Waals surface area contributed by atoms with Gasteiger partial charge in [0, 0.05) is 69.1 Å². The zero-order valence-electron chi connectivity index (χ0n) is 21.9. The summed E-state index contributed by atoms with van der Waals surface area (Å²) in [5.41, 5.74) is 7.04. The summed E-state index contributed by atoms with van der Waals surface area (Å²) < 4.78 is 4.68. The topological polar surface area (TPSA) is 54.8 Å². The van der Waals surface area contributed by atoms with E-state index >= 15 is 0 Å². The van der Waals surface area contributed by atoms with E-state index in [2.05, 4.69) is 118 Å². The van der Waals surface area contributed by atoms with Gasteiger partial charge in [0.25, 0.3) is 0 Å². The Bertz CT molecular complexity index is 1690. The van der Waals surface area contributed by atoms with Crippen LogP contribution in [0.25, 0.3) is 43.6 Å². The summed E-state index contributed by atoms with van der Waals surface area (Å²) in [6.07, 6.45) is 3.07. The molecule has 2 aromatic heterocycles. The largest absolute Gasteiger partial charge is 0.389 e. The van der Waals surface area contributed by atoms with Gasteiger partial charge in [-0.2, -0.15) is 0 Å². The van der Waals surface area contributed by atoms with Gasteiger partial charge in [-0.1, -0.05) is 48.5 Å². The number of aryl methyl sites for hydroxylation is 2. The number of aliphatic hydroxyl groups is 1. The van der Waals surface area contributed by atoms with Crippen molar-refractivity contribution in [1.29, 1.82) is 0 Å². The Morgan fingerprint density at radius 1 is 0.605 bits per heavy atom. The molecule has 0 saturated carbocycles. The molecule has 5 heteroatoms. The Labute approximate surface area is 222 Å². The lowest BCUT2D eigenvalue weighted by molar-refractivity contribution is 0.193. The van der Waals surface area contributed by atoms with Crippen LogP contribution in [-0.4, -0.2) is 45.9 Å². The van der Waals surface area contributed by atoms with Crippen LogP contribution in [0.3, 0.4) is 0 Å². The molecule has 0 fully saturated rings. The van der Waals surface area contributed by atoms with Crippen LogP contribution < -0.4 is 0 Å². The van der Waals surface area contributed by atoms with Crippen LogP contribution in [0.2, 0.25) is 0 Å². The van der Waals surface area contributed by atoms with Gasteiger partial charge in [-0.3, -0.25) is 9.98 Å². The fourth-order valence-corrected chi connectivity index (χ4v) is 5.60. The summed E-state index contributed by atoms with van der Waals surface area (Å²) in [6.45, 7) is 6.84. The van der Waals surface area contributed by atoms with Crippen molar-refractivity contribution in [3.8, 4) is 0 Å². The summed E-state index contributed by atoms with van der Waals surface area (Å²) in [7, 11) is 0. The number of nitrogens with zero attached hydrogens (tertiary/aromatic N) is 4. The molecule has 0 spiro atoms. The maximum Gasteiger partial charge on any atom is 0.0929 e. The van der Waals surface area contributed by atoms with E-state index in [0.717, 1.165) is 24.2 Å². The van der Waals surface area contributed by atoms with Crippen molar-refractivity contribution in [2.45, 2.75) is 33.0 Å². The minimum absolute atomic E-state index is 0.315. The number of aromatic nitrogens is 2. The Kier molecular flexibility index (Phi) is 6.52. The van der Waals surface area contributed by atoms with E-state index in [1.807, 2.05) is 12.4 Å². The van der Waals surface area contributed by atoms with Crippen molar-refractivity contribution in [1.82, 2.24) is 9.13 Å². The van der Waals surface area contributed by atoms with Gasteiger partial charge >= 0.3 is 0 Å². The predicted molar refractivity (Wildman–Crippen MR) is 161 cm³/mol. The van der Waals surface area contributed by atoms with E-state index in [-0.39, 0.29) is 0 Å². The van der Waals surface area contributed by atoms with Crippen molar-refractivity contribution in [2.24, 2.45) is 9.98 Å². The smallest absolute Gasteiger partial charge is 0.0929 e. The highest BCUT2D eigenvalue weighted by atomic mass is 16.3. The summed E-state index contributed by atoms with van der Waals surface area (Å²) in [5, 5.41) is 15.4. The first-order valence-corrected chi connectivity index (χ1v) is 13.4. The number of fused-ring (bicyclic) bond motifs is 6. The fourth-order valence-electron chi connectivity index (χ4n) is 5.60. The van der Waals surface area contributed by atoms with E-state index in [9.17, 15) is 5.11 Å². The first-order chi connectivity index (χ1) is 18.7. The molecule has 190 valence electrons. The maximum absolute atomic E-state index is 10.5. The van der Waals surface area contributed by atoms with E-state index in [1.165, 1.54) is 43.6 Å². The number of hydrogen-bond acceptors (Lipinski definition) is 3. The van der Waals surface area contributed by atoms with Crippen molar-refractivity contribution >= 4 is 56.0 Å². The van der Waals surface area contributed by atoms with Gasteiger partial charge < -0.3 is 14.2 Å². The second kappa shape index (κ2) is 10.3. The highest BCUT2D eigenvalue weighted by Crippen LogP contribution is 2.30. The van der Waals surface area contributed by atoms with Crippen LogP contribution in [0.4, 0.5) is 0 Å². The van der Waals surface area contributed by atoms with E-state index in [0.29, 0.717) is 13.1 Å². The Morgan fingerprint density at radius 3 is 1.47 bits per heavy atom. The fraction of sp³-hybridized carbons (Fsp3) is 0.212. The second-order valence-electron chi connectivity index (χ2n) is 9.72. The van der Waals surface area contributed by atoms with Gasteiger partial charge in [-0.15, -0.1) is 0 Å². The number of aliphatic imine (C=N–C) groups is 2. The van der Waals surface area contributed by atoms with Gasteiger partial charge in [0.15, 0.2) is 0 Å². The normalized spacial score (nSPS) is 13.2. The van der Waals surface area contributed by atoms with Gasteiger partial charge in [-0.25, -0.2) is 0 Å². The number of aliphatic hydroxyl groups excluding tert-OH is 1. The quantitative estimate of drug-likeness (QED) is 0.229. The molecule has 4 aromatic carbocycles. The number of benzene rings is 4. The molecular formula is C33H32N4O. The van der Waals surface area contributed by atoms with Crippen LogP contribution in [0.1, 0.15) is 25.0 Å². The average Bonchev–Trinajstić information content (AvgIpc) is 3.44. The first-order valence-electron chi connectivity index (χ1n) is 13.4. The van der Waals surface area contributed by atoms with Crippen LogP contribution >= 0.6 is 0 Å². The Hall–Kier alpha value is -4.22. The third kappa shape index (κ3) is 4.29. The molecular weight excluding hydrogens is 468 g/mol. The third-order valence-electron chi connectivity index (χ3n) is 7.34. The highest BCUT2D eigenvalue weighted by molar-refractivity contribution is 6.10. The molecule has 0 radical (unpaired) electrons.